The molecule has 0 radical (unpaired) electrons. The number of carboxylic acids is 4. The van der Waals surface area contributed by atoms with Gasteiger partial charge in [-0.3, -0.25) is 48.4 Å². The van der Waals surface area contributed by atoms with Gasteiger partial charge < -0.3 is 35.0 Å². The van der Waals surface area contributed by atoms with Gasteiger partial charge in [-0.1, -0.05) is 40.5 Å². The minimum atomic E-state index is -1.15. The second-order valence-corrected chi connectivity index (χ2v) is 17.1. The van der Waals surface area contributed by atoms with Crippen LogP contribution in [0.25, 0.3) is 0 Å². The molecule has 4 N–H and O–H groups in total. The molecule has 1 fully saturated rings. The van der Waals surface area contributed by atoms with E-state index in [0.29, 0.717) is 45.2 Å². The van der Waals surface area contributed by atoms with Gasteiger partial charge in [0.05, 0.1) is 38.4 Å². The quantitative estimate of drug-likeness (QED) is 0.0976. The number of hydrogen-bond donors (Lipinski definition) is 4. The molecule has 0 aromatic heterocycles. The average Bonchev–Trinajstić information content (AvgIpc) is 3.08. The Kier molecular flexibility index (Phi) is 23.4. The molecule has 0 aromatic rings. The molecule has 1 unspecified atom stereocenters. The van der Waals surface area contributed by atoms with E-state index < -0.39 is 40.9 Å². The Morgan fingerprint density at radius 1 is 0.632 bits per heavy atom. The fraction of sp³-hybridized carbons (Fsp3) is 0.850. The number of rotatable bonds is 25. The van der Waals surface area contributed by atoms with Gasteiger partial charge in [-0.05, 0) is 46.5 Å². The lowest BCUT2D eigenvalue weighted by atomic mass is 9.93. The molecule has 17 heteroatoms. The van der Waals surface area contributed by atoms with Crippen LogP contribution in [0.15, 0.2) is 0 Å². The molecule has 1 saturated heterocycles. The first-order valence-corrected chi connectivity index (χ1v) is 20.6. The van der Waals surface area contributed by atoms with Gasteiger partial charge in [0.15, 0.2) is 0 Å². The van der Waals surface area contributed by atoms with E-state index in [1.807, 2.05) is 46.4 Å². The highest BCUT2D eigenvalue weighted by Crippen LogP contribution is 2.23. The molecule has 1 aliphatic heterocycles. The average molecular weight is 815 g/mol. The van der Waals surface area contributed by atoms with E-state index in [-0.39, 0.29) is 96.6 Å². The molecule has 330 valence electrons. The predicted octanol–water partition coefficient (Wildman–Crippen LogP) is 2.43. The number of ether oxygens (including phenoxy) is 1. The smallest absolute Gasteiger partial charge is 0.320 e. The van der Waals surface area contributed by atoms with Crippen molar-refractivity contribution < 1.29 is 53.9 Å². The highest BCUT2D eigenvalue weighted by atomic mass is 16.5. The number of likely N-dealkylation sites (N-methyl/N-ethyl adjacent to an activating group) is 1. The molecule has 57 heavy (non-hydrogen) atoms. The van der Waals surface area contributed by atoms with Crippen molar-refractivity contribution in [3.63, 3.8) is 0 Å². The van der Waals surface area contributed by atoms with E-state index >= 15 is 0 Å². The van der Waals surface area contributed by atoms with Crippen LogP contribution in [0.3, 0.4) is 0 Å². The Bertz CT molecular complexity index is 1250. The molecule has 1 rings (SSSR count). The zero-order valence-electron chi connectivity index (χ0n) is 36.0. The first-order chi connectivity index (χ1) is 26.6. The Hall–Kier alpha value is -3.38. The maximum absolute atomic E-state index is 13.6. The number of amides is 2. The van der Waals surface area contributed by atoms with Crippen molar-refractivity contribution in [2.75, 3.05) is 105 Å². The van der Waals surface area contributed by atoms with Crippen LogP contribution in [0.2, 0.25) is 0 Å². The molecule has 1 heterocycles. The summed E-state index contributed by atoms with van der Waals surface area (Å²) in [5.74, 6) is -3.86. The lowest BCUT2D eigenvalue weighted by Crippen LogP contribution is -2.52. The number of aliphatic carboxylic acids is 4. The Morgan fingerprint density at radius 2 is 1.11 bits per heavy atom. The van der Waals surface area contributed by atoms with Crippen LogP contribution < -0.4 is 0 Å². The van der Waals surface area contributed by atoms with Gasteiger partial charge >= 0.3 is 23.9 Å². The fourth-order valence-corrected chi connectivity index (χ4v) is 7.29. The second kappa shape index (κ2) is 25.9. The molecule has 0 spiro atoms. The van der Waals surface area contributed by atoms with Crippen molar-refractivity contribution >= 4 is 35.7 Å². The number of nitrogens with zero attached hydrogens (tertiary/aromatic N) is 6. The zero-order chi connectivity index (χ0) is 43.3. The van der Waals surface area contributed by atoms with Crippen LogP contribution in [0.5, 0.6) is 0 Å². The minimum absolute atomic E-state index is 0.0155. The third kappa shape index (κ3) is 21.3. The standard InChI is InChI=1S/C40H74N6O11/c1-9-44(28-39(5,6)29-57-30-40(7,8)46(10-2)34(48)14-12-11-13-31(3)4)33(47)16-15-32(38(55)56)45-23-21-42(26-36(51)52)19-17-41(25-35(49)50)18-20-43(22-24-45)27-37(53)54/h31-32H,9-30H2,1-8H3,(H,49,50)(H,51,52)(H,53,54)(H,55,56). The summed E-state index contributed by atoms with van der Waals surface area (Å²) in [6, 6.07) is -1.10. The molecule has 0 saturated carbocycles. The van der Waals surface area contributed by atoms with Crippen molar-refractivity contribution in [1.29, 1.82) is 0 Å². The largest absolute Gasteiger partial charge is 0.480 e. The third-order valence-electron chi connectivity index (χ3n) is 10.4. The highest BCUT2D eigenvalue weighted by molar-refractivity contribution is 5.79. The van der Waals surface area contributed by atoms with Crippen molar-refractivity contribution in [3.05, 3.63) is 0 Å². The number of carbonyl (C=O) groups is 6. The molecule has 0 bridgehead atoms. The lowest BCUT2D eigenvalue weighted by Gasteiger charge is -2.39. The molecule has 0 aliphatic carbocycles. The van der Waals surface area contributed by atoms with Gasteiger partial charge in [0.2, 0.25) is 11.8 Å². The van der Waals surface area contributed by atoms with Crippen LogP contribution in [-0.4, -0.2) is 202 Å². The Labute approximate surface area is 340 Å². The fourth-order valence-electron chi connectivity index (χ4n) is 7.29. The van der Waals surface area contributed by atoms with Crippen molar-refractivity contribution in [2.24, 2.45) is 11.3 Å². The maximum Gasteiger partial charge on any atom is 0.320 e. The minimum Gasteiger partial charge on any atom is -0.480 e. The number of unbranched alkanes of at least 4 members (excludes halogenated alkanes) is 1. The highest BCUT2D eigenvalue weighted by Gasteiger charge is 2.33. The van der Waals surface area contributed by atoms with Gasteiger partial charge in [0.1, 0.15) is 6.04 Å². The van der Waals surface area contributed by atoms with Crippen molar-refractivity contribution in [1.82, 2.24) is 29.4 Å². The van der Waals surface area contributed by atoms with Crippen LogP contribution >= 0.6 is 0 Å². The summed E-state index contributed by atoms with van der Waals surface area (Å²) in [4.78, 5) is 84.4. The van der Waals surface area contributed by atoms with Gasteiger partial charge in [-0.25, -0.2) is 0 Å². The van der Waals surface area contributed by atoms with E-state index in [1.54, 1.807) is 24.5 Å². The first kappa shape index (κ1) is 51.6. The SMILES string of the molecule is CCN(CC(C)(C)COCC(C)(C)N(CC)C(=O)CCCCC(C)C)C(=O)CCC(C(=O)O)N1CCN(CC(=O)O)CCN(CC(=O)O)CCN(CC(=O)O)CC1. The lowest BCUT2D eigenvalue weighted by molar-refractivity contribution is -0.146. The summed E-state index contributed by atoms with van der Waals surface area (Å²) in [6.45, 7) is 18.7. The molecule has 17 nitrogen and oxygen atoms in total. The number of carbonyl (C=O) groups excluding carboxylic acids is 2. The van der Waals surface area contributed by atoms with Crippen molar-refractivity contribution in [3.8, 4) is 0 Å². The first-order valence-electron chi connectivity index (χ1n) is 20.6. The van der Waals surface area contributed by atoms with Gasteiger partial charge in [-0.15, -0.1) is 0 Å². The summed E-state index contributed by atoms with van der Waals surface area (Å²) in [6.07, 6.45) is 3.41. The Morgan fingerprint density at radius 3 is 1.51 bits per heavy atom. The summed E-state index contributed by atoms with van der Waals surface area (Å²) >= 11 is 0. The number of carboxylic acid groups (broad SMARTS) is 4. The topological polar surface area (TPSA) is 212 Å². The van der Waals surface area contributed by atoms with E-state index in [0.717, 1.165) is 19.3 Å². The molecular weight excluding hydrogens is 740 g/mol. The van der Waals surface area contributed by atoms with Gasteiger partial charge in [0.25, 0.3) is 0 Å². The number of hydrogen-bond acceptors (Lipinski definition) is 11. The summed E-state index contributed by atoms with van der Waals surface area (Å²) in [7, 11) is 0. The molecule has 1 atom stereocenters. The normalized spacial score (nSPS) is 16.7. The molecule has 1 aliphatic rings. The van der Waals surface area contributed by atoms with E-state index in [1.165, 1.54) is 0 Å². The third-order valence-corrected chi connectivity index (χ3v) is 10.4. The Balaban J connectivity index is 3.01. The maximum atomic E-state index is 13.6. The van der Waals surface area contributed by atoms with Crippen LogP contribution in [0.1, 0.15) is 93.9 Å². The predicted molar refractivity (Wildman–Crippen MR) is 216 cm³/mol. The summed E-state index contributed by atoms with van der Waals surface area (Å²) < 4.78 is 6.21. The van der Waals surface area contributed by atoms with Crippen LogP contribution in [-0.2, 0) is 33.5 Å². The van der Waals surface area contributed by atoms with Crippen molar-refractivity contribution in [2.45, 2.75) is 105 Å². The summed E-state index contributed by atoms with van der Waals surface area (Å²) in [5, 5.41) is 38.9. The molecular formula is C40H74N6O11. The van der Waals surface area contributed by atoms with Crippen LogP contribution in [0.4, 0.5) is 0 Å². The van der Waals surface area contributed by atoms with Gasteiger partial charge in [-0.2, -0.15) is 0 Å². The van der Waals surface area contributed by atoms with E-state index in [9.17, 15) is 49.2 Å². The molecule has 0 aromatic carbocycles. The van der Waals surface area contributed by atoms with Crippen LogP contribution in [0, 0.1) is 11.3 Å². The van der Waals surface area contributed by atoms with Gasteiger partial charge in [0, 0.05) is 90.2 Å². The molecule has 2 amide bonds. The second-order valence-electron chi connectivity index (χ2n) is 17.1. The zero-order valence-corrected chi connectivity index (χ0v) is 36.0. The van der Waals surface area contributed by atoms with E-state index in [4.69, 9.17) is 4.74 Å². The van der Waals surface area contributed by atoms with E-state index in [2.05, 4.69) is 13.8 Å². The summed E-state index contributed by atoms with van der Waals surface area (Å²) in [5.41, 5.74) is -0.977. The monoisotopic (exact) mass is 815 g/mol.